The number of thioether (sulfide) groups is 6. The lowest BCUT2D eigenvalue weighted by atomic mass is 9.86. The smallest absolute Gasteiger partial charge is 0.236 e. The second-order valence-electron chi connectivity index (χ2n) is 19.9. The molecular formula is C64H76N6O14S6. The van der Waals surface area contributed by atoms with Crippen molar-refractivity contribution in [2.45, 2.75) is 97.8 Å². The molecule has 90 heavy (non-hydrogen) atoms. The lowest BCUT2D eigenvalue weighted by molar-refractivity contribution is -0.128. The average Bonchev–Trinajstić information content (AvgIpc) is 0.845. The number of carbonyl (C=O) groups excluding carboxylic acids is 6. The molecule has 0 aromatic heterocycles. The average molecular weight is 1350 g/mol. The van der Waals surface area contributed by atoms with Gasteiger partial charge in [-0.2, -0.15) is 0 Å². The zero-order valence-electron chi connectivity index (χ0n) is 49.8. The minimum atomic E-state index is -1.90. The van der Waals surface area contributed by atoms with Crippen molar-refractivity contribution in [3.05, 3.63) is 133 Å². The number of nitrogens with one attached hydrogen (secondary N) is 6. The van der Waals surface area contributed by atoms with Crippen LogP contribution in [0, 0.1) is 0 Å². The molecule has 12 N–H and O–H groups in total. The van der Waals surface area contributed by atoms with Gasteiger partial charge in [-0.25, -0.2) is 0 Å². The minimum Gasteiger partial charge on any atom is -0.508 e. The first-order valence-electron chi connectivity index (χ1n) is 29.0. The fraction of sp³-hybridized carbons (Fsp3) is 0.344. The van der Waals surface area contributed by atoms with E-state index in [0.29, 0.717) is 40.1 Å². The maximum atomic E-state index is 15.5. The first-order valence-corrected chi connectivity index (χ1v) is 34.7. The Labute approximate surface area is 549 Å². The van der Waals surface area contributed by atoms with Gasteiger partial charge in [-0.1, -0.05) is 0 Å². The topological polar surface area (TPSA) is 314 Å². The molecule has 3 unspecified atom stereocenters. The SMILES string of the molecule is CCOc1cc(SCCC(=O)NCC(NC(=O)CCSc2ccc(O)c(OCC)c2)(C(CC(=O)NCCCNC(=O)CCSc2ccc(O)cc2)Sc2ccc(O)cc2)C(Sc2ccc(O)cc2)C(=O)NCCCNC(=O)CSc2ccc(O)cc2)ccc1O. The summed E-state index contributed by atoms with van der Waals surface area (Å²) in [4.78, 5) is 89.5. The van der Waals surface area contributed by atoms with Crippen molar-refractivity contribution in [3.63, 3.8) is 0 Å². The summed E-state index contributed by atoms with van der Waals surface area (Å²) in [6.45, 7) is 4.34. The Hall–Kier alpha value is -7.36. The number of ether oxygens (including phenoxy) is 2. The Morgan fingerprint density at radius 1 is 0.433 bits per heavy atom. The molecular weight excluding hydrogens is 1270 g/mol. The Kier molecular flexibility index (Phi) is 30.6. The van der Waals surface area contributed by atoms with Crippen molar-refractivity contribution in [1.82, 2.24) is 31.9 Å². The molecule has 3 atom stereocenters. The van der Waals surface area contributed by atoms with Crippen molar-refractivity contribution >= 4 is 106 Å². The third-order valence-corrected chi connectivity index (χ3v) is 19.9. The van der Waals surface area contributed by atoms with Crippen LogP contribution in [-0.2, 0) is 28.8 Å². The maximum Gasteiger partial charge on any atom is 0.236 e. The van der Waals surface area contributed by atoms with Crippen LogP contribution in [-0.4, -0.2) is 151 Å². The molecule has 0 aliphatic rings. The molecule has 0 radical (unpaired) electrons. The lowest BCUT2D eigenvalue weighted by Crippen LogP contribution is -2.70. The molecule has 0 saturated carbocycles. The van der Waals surface area contributed by atoms with E-state index in [2.05, 4.69) is 31.9 Å². The van der Waals surface area contributed by atoms with Crippen molar-refractivity contribution < 1.29 is 68.9 Å². The van der Waals surface area contributed by atoms with Gasteiger partial charge in [0.1, 0.15) is 28.2 Å². The molecule has 0 aliphatic carbocycles. The first kappa shape index (κ1) is 71.7. The van der Waals surface area contributed by atoms with Crippen LogP contribution in [0.4, 0.5) is 0 Å². The van der Waals surface area contributed by atoms with Gasteiger partial charge in [0, 0.05) is 110 Å². The van der Waals surface area contributed by atoms with Gasteiger partial charge in [0.05, 0.1) is 24.5 Å². The molecule has 0 saturated heterocycles. The van der Waals surface area contributed by atoms with Gasteiger partial charge in [0.15, 0.2) is 23.0 Å². The summed E-state index contributed by atoms with van der Waals surface area (Å²) in [6.07, 6.45) is 0.271. The van der Waals surface area contributed by atoms with E-state index >= 15 is 9.59 Å². The lowest BCUT2D eigenvalue weighted by Gasteiger charge is -2.45. The maximum absolute atomic E-state index is 15.5. The van der Waals surface area contributed by atoms with Crippen LogP contribution in [0.2, 0.25) is 0 Å². The molecule has 482 valence electrons. The number of carbonyl (C=O) groups is 6. The highest BCUT2D eigenvalue weighted by atomic mass is 32.2. The number of amides is 6. The van der Waals surface area contributed by atoms with Crippen molar-refractivity contribution in [2.75, 3.05) is 68.9 Å². The number of hydrogen-bond donors (Lipinski definition) is 12. The normalized spacial score (nSPS) is 12.3. The fourth-order valence-electron chi connectivity index (χ4n) is 8.57. The number of rotatable bonds is 39. The predicted octanol–water partition coefficient (Wildman–Crippen LogP) is 9.29. The molecule has 0 heterocycles. The molecule has 20 nitrogen and oxygen atoms in total. The van der Waals surface area contributed by atoms with Crippen LogP contribution in [0.25, 0.3) is 0 Å². The molecule has 6 aromatic carbocycles. The van der Waals surface area contributed by atoms with Crippen LogP contribution < -0.4 is 41.4 Å². The van der Waals surface area contributed by atoms with Gasteiger partial charge in [0.2, 0.25) is 35.4 Å². The van der Waals surface area contributed by atoms with Crippen molar-refractivity contribution in [3.8, 4) is 46.0 Å². The monoisotopic (exact) mass is 1340 g/mol. The molecule has 0 bridgehead atoms. The van der Waals surface area contributed by atoms with Crippen molar-refractivity contribution in [2.24, 2.45) is 0 Å². The Morgan fingerprint density at radius 3 is 1.31 bits per heavy atom. The first-order chi connectivity index (χ1) is 43.4. The highest BCUT2D eigenvalue weighted by Gasteiger charge is 2.52. The van der Waals surface area contributed by atoms with Crippen LogP contribution in [0.5, 0.6) is 46.0 Å². The number of phenols is 6. The standard InChI is InChI=1S/C64H76N6O14S6/c1-3-83-54-37-50(23-25-52(54)75)86-35-28-58(78)69-41-64(70-59(79)29-36-87-51-24-26-53(76)55(38-51)84-4-2,62(90-49-21-13-45(74)14-22-49)63(82)68-33-6-32-67-61(81)40-88-47-17-9-43(72)10-18-47)56(89-48-19-11-44(73)12-20-48)39-60(80)66-31-5-30-65-57(77)27-34-85-46-15-7-42(71)8-16-46/h7-26,37-38,56,62,71-76H,3-6,27-36,39-41H2,1-2H3,(H,65,77)(H,66,80)(H,67,81)(H,68,82)(H,69,78)(H,70,79). The third kappa shape index (κ3) is 25.1. The summed E-state index contributed by atoms with van der Waals surface area (Å²) in [5.74, 6) is -0.938. The van der Waals surface area contributed by atoms with E-state index < -0.39 is 46.2 Å². The number of aromatic hydroxyl groups is 6. The van der Waals surface area contributed by atoms with Gasteiger partial charge in [-0.15, -0.1) is 70.6 Å². The molecule has 0 fully saturated rings. The highest BCUT2D eigenvalue weighted by Crippen LogP contribution is 2.43. The Bertz CT molecular complexity index is 3260. The van der Waals surface area contributed by atoms with E-state index in [-0.39, 0.29) is 133 Å². The van der Waals surface area contributed by atoms with Crippen LogP contribution in [0.15, 0.2) is 163 Å². The summed E-state index contributed by atoms with van der Waals surface area (Å²) in [5.41, 5.74) is -1.90. The van der Waals surface area contributed by atoms with E-state index in [1.165, 1.54) is 95.6 Å². The van der Waals surface area contributed by atoms with Crippen LogP contribution in [0.1, 0.15) is 52.4 Å². The molecule has 6 amide bonds. The second kappa shape index (κ2) is 38.4. The summed E-state index contributed by atoms with van der Waals surface area (Å²) >= 11 is 7.59. The van der Waals surface area contributed by atoms with E-state index in [1.807, 2.05) is 0 Å². The fourth-order valence-corrected chi connectivity index (χ4v) is 14.6. The second-order valence-corrected chi connectivity index (χ2v) is 26.9. The molecule has 0 spiro atoms. The summed E-state index contributed by atoms with van der Waals surface area (Å²) in [6, 6.07) is 35.1. The Balaban J connectivity index is 1.33. The number of hydrogen-bond acceptors (Lipinski definition) is 20. The zero-order valence-corrected chi connectivity index (χ0v) is 54.7. The van der Waals surface area contributed by atoms with E-state index in [0.717, 1.165) is 38.2 Å². The number of benzene rings is 6. The van der Waals surface area contributed by atoms with Gasteiger partial charge >= 0.3 is 0 Å². The van der Waals surface area contributed by atoms with Crippen LogP contribution >= 0.6 is 70.6 Å². The van der Waals surface area contributed by atoms with E-state index in [1.54, 1.807) is 98.8 Å². The van der Waals surface area contributed by atoms with Gasteiger partial charge in [-0.05, 0) is 160 Å². The van der Waals surface area contributed by atoms with Gasteiger partial charge in [-0.3, -0.25) is 28.8 Å². The van der Waals surface area contributed by atoms with E-state index in [4.69, 9.17) is 9.47 Å². The molecule has 6 aromatic rings. The predicted molar refractivity (Wildman–Crippen MR) is 357 cm³/mol. The molecule has 6 rings (SSSR count). The highest BCUT2D eigenvalue weighted by molar-refractivity contribution is 8.01. The largest absolute Gasteiger partial charge is 0.508 e. The minimum absolute atomic E-state index is 0.0315. The van der Waals surface area contributed by atoms with Crippen molar-refractivity contribution in [1.29, 1.82) is 0 Å². The summed E-state index contributed by atoms with van der Waals surface area (Å²) in [5, 5.41) is 76.5. The summed E-state index contributed by atoms with van der Waals surface area (Å²) in [7, 11) is 0. The number of phenolic OH excluding ortho intramolecular Hbond substituents is 6. The van der Waals surface area contributed by atoms with Gasteiger partial charge in [0.25, 0.3) is 0 Å². The molecule has 26 heteroatoms. The molecule has 0 aliphatic heterocycles. The third-order valence-electron chi connectivity index (χ3n) is 13.1. The van der Waals surface area contributed by atoms with Gasteiger partial charge < -0.3 is 72.0 Å². The van der Waals surface area contributed by atoms with Crippen LogP contribution in [0.3, 0.4) is 0 Å². The van der Waals surface area contributed by atoms with E-state index in [9.17, 15) is 49.8 Å². The zero-order chi connectivity index (χ0) is 64.7. The quantitative estimate of drug-likeness (QED) is 0.0126. The summed E-state index contributed by atoms with van der Waals surface area (Å²) < 4.78 is 11.2. The Morgan fingerprint density at radius 2 is 0.822 bits per heavy atom.